The third kappa shape index (κ3) is 4.68. The molecule has 3 unspecified atom stereocenters. The first kappa shape index (κ1) is 20.7. The van der Waals surface area contributed by atoms with Crippen molar-refractivity contribution in [3.8, 4) is 0 Å². The van der Waals surface area contributed by atoms with E-state index in [0.717, 1.165) is 42.6 Å². The van der Waals surface area contributed by atoms with Gasteiger partial charge in [0.15, 0.2) is 0 Å². The fourth-order valence-electron chi connectivity index (χ4n) is 4.63. The topological polar surface area (TPSA) is 61.4 Å². The van der Waals surface area contributed by atoms with Crippen LogP contribution in [-0.2, 0) is 11.2 Å². The summed E-state index contributed by atoms with van der Waals surface area (Å²) in [4.78, 5) is 27.5. The second kappa shape index (κ2) is 8.97. The average Bonchev–Trinajstić information content (AvgIpc) is 2.64. The van der Waals surface area contributed by atoms with Crippen LogP contribution >= 0.6 is 0 Å². The van der Waals surface area contributed by atoms with E-state index in [1.165, 1.54) is 12.8 Å². The van der Waals surface area contributed by atoms with Crippen LogP contribution in [0.25, 0.3) is 0 Å². The predicted molar refractivity (Wildman–Crippen MR) is 114 cm³/mol. The molecule has 1 aromatic rings. The second-order valence-corrected chi connectivity index (χ2v) is 8.90. The fourth-order valence-corrected chi connectivity index (χ4v) is 4.63. The van der Waals surface area contributed by atoms with Crippen LogP contribution in [0.3, 0.4) is 0 Å². The molecule has 1 fully saturated rings. The molecule has 0 aromatic heterocycles. The minimum absolute atomic E-state index is 0.0248. The highest BCUT2D eigenvalue weighted by molar-refractivity contribution is 5.97. The molecule has 28 heavy (non-hydrogen) atoms. The molecule has 1 saturated carbocycles. The molecule has 0 saturated heterocycles. The van der Waals surface area contributed by atoms with Gasteiger partial charge in [-0.05, 0) is 62.6 Å². The number of fused-ring (bicyclic) bond motifs is 1. The minimum atomic E-state index is -0.0248. The van der Waals surface area contributed by atoms with Crippen LogP contribution < -0.4 is 15.5 Å². The molecule has 1 aliphatic carbocycles. The standard InChI is InChI=1S/C23H35N3O2/c1-15(2)24-23(28)19-9-6-12-21-18(19)10-7-13-26(21)14-22(27)25-20-11-5-8-16(3)17(20)4/h6,9,12,15-17,20H,5,7-8,10-11,13-14H2,1-4H3,(H,24,28)(H,25,27). The lowest BCUT2D eigenvalue weighted by molar-refractivity contribution is -0.121. The molecule has 0 bridgehead atoms. The van der Waals surface area contributed by atoms with Gasteiger partial charge in [-0.3, -0.25) is 9.59 Å². The maximum Gasteiger partial charge on any atom is 0.251 e. The highest BCUT2D eigenvalue weighted by Gasteiger charge is 2.29. The number of nitrogens with one attached hydrogen (secondary N) is 2. The zero-order chi connectivity index (χ0) is 20.3. The van der Waals surface area contributed by atoms with Gasteiger partial charge in [0.2, 0.25) is 5.91 Å². The summed E-state index contributed by atoms with van der Waals surface area (Å²) in [5.74, 6) is 1.26. The van der Waals surface area contributed by atoms with E-state index in [9.17, 15) is 9.59 Å². The maximum absolute atomic E-state index is 12.8. The summed E-state index contributed by atoms with van der Waals surface area (Å²) in [5, 5.41) is 6.27. The first-order valence-corrected chi connectivity index (χ1v) is 10.8. The highest BCUT2D eigenvalue weighted by atomic mass is 16.2. The molecule has 3 atom stereocenters. The second-order valence-electron chi connectivity index (χ2n) is 8.90. The van der Waals surface area contributed by atoms with Crippen molar-refractivity contribution in [1.82, 2.24) is 10.6 Å². The molecule has 3 rings (SSSR count). The number of nitrogens with zero attached hydrogens (tertiary/aromatic N) is 1. The van der Waals surface area contributed by atoms with Gasteiger partial charge in [0.25, 0.3) is 5.91 Å². The Balaban J connectivity index is 1.70. The smallest absolute Gasteiger partial charge is 0.251 e. The van der Waals surface area contributed by atoms with Gasteiger partial charge in [-0.25, -0.2) is 0 Å². The lowest BCUT2D eigenvalue weighted by Crippen LogP contribution is -2.48. The fraction of sp³-hybridized carbons (Fsp3) is 0.652. The number of carbonyl (C=O) groups is 2. The van der Waals surface area contributed by atoms with Crippen LogP contribution in [0.1, 0.15) is 69.3 Å². The van der Waals surface area contributed by atoms with E-state index in [-0.39, 0.29) is 23.9 Å². The Kier molecular flexibility index (Phi) is 6.63. The summed E-state index contributed by atoms with van der Waals surface area (Å²) in [6.45, 7) is 9.69. The zero-order valence-electron chi connectivity index (χ0n) is 17.8. The SMILES string of the molecule is CC(C)NC(=O)c1cccc2c1CCCN2CC(=O)NC1CCCC(C)C1C. The zero-order valence-corrected chi connectivity index (χ0v) is 17.8. The van der Waals surface area contributed by atoms with Gasteiger partial charge in [-0.2, -0.15) is 0 Å². The molecule has 154 valence electrons. The van der Waals surface area contributed by atoms with Crippen LogP contribution in [-0.4, -0.2) is 37.0 Å². The average molecular weight is 386 g/mol. The number of benzene rings is 1. The summed E-state index contributed by atoms with van der Waals surface area (Å²) in [7, 11) is 0. The predicted octanol–water partition coefficient (Wildman–Crippen LogP) is 3.52. The van der Waals surface area contributed by atoms with Crippen molar-refractivity contribution in [3.63, 3.8) is 0 Å². The number of carbonyl (C=O) groups excluding carboxylic acids is 2. The molecule has 2 aliphatic rings. The first-order valence-electron chi connectivity index (χ1n) is 10.8. The Hall–Kier alpha value is -2.04. The van der Waals surface area contributed by atoms with Crippen LogP contribution in [0.5, 0.6) is 0 Å². The Labute approximate surface area is 169 Å². The number of anilines is 1. The van der Waals surface area contributed by atoms with Gasteiger partial charge in [0, 0.05) is 29.9 Å². The highest BCUT2D eigenvalue weighted by Crippen LogP contribution is 2.31. The van der Waals surface area contributed by atoms with Gasteiger partial charge in [-0.1, -0.05) is 32.8 Å². The summed E-state index contributed by atoms with van der Waals surface area (Å²) in [6.07, 6.45) is 5.37. The van der Waals surface area contributed by atoms with E-state index in [0.29, 0.717) is 18.4 Å². The van der Waals surface area contributed by atoms with E-state index in [1.807, 2.05) is 32.0 Å². The third-order valence-electron chi connectivity index (χ3n) is 6.40. The lowest BCUT2D eigenvalue weighted by Gasteiger charge is -2.36. The van der Waals surface area contributed by atoms with Crippen molar-refractivity contribution in [1.29, 1.82) is 0 Å². The van der Waals surface area contributed by atoms with Crippen molar-refractivity contribution < 1.29 is 9.59 Å². The Morgan fingerprint density at radius 3 is 2.71 bits per heavy atom. The van der Waals surface area contributed by atoms with Crippen molar-refractivity contribution in [2.75, 3.05) is 18.0 Å². The normalized spacial score (nSPS) is 24.6. The Morgan fingerprint density at radius 2 is 1.96 bits per heavy atom. The molecule has 5 nitrogen and oxygen atoms in total. The molecular weight excluding hydrogens is 350 g/mol. The lowest BCUT2D eigenvalue weighted by atomic mass is 9.78. The summed E-state index contributed by atoms with van der Waals surface area (Å²) >= 11 is 0. The molecule has 0 spiro atoms. The number of hydrogen-bond donors (Lipinski definition) is 2. The molecule has 2 amide bonds. The summed E-state index contributed by atoms with van der Waals surface area (Å²) in [6, 6.07) is 6.25. The minimum Gasteiger partial charge on any atom is -0.362 e. The molecule has 1 aliphatic heterocycles. The van der Waals surface area contributed by atoms with Crippen molar-refractivity contribution in [2.45, 2.75) is 71.9 Å². The Morgan fingerprint density at radius 1 is 1.18 bits per heavy atom. The molecule has 1 heterocycles. The number of rotatable bonds is 5. The molecular formula is C23H35N3O2. The third-order valence-corrected chi connectivity index (χ3v) is 6.40. The molecule has 0 radical (unpaired) electrons. The van der Waals surface area contributed by atoms with E-state index in [2.05, 4.69) is 29.4 Å². The quantitative estimate of drug-likeness (QED) is 0.815. The maximum atomic E-state index is 12.8. The van der Waals surface area contributed by atoms with Crippen molar-refractivity contribution in [2.24, 2.45) is 11.8 Å². The van der Waals surface area contributed by atoms with E-state index >= 15 is 0 Å². The van der Waals surface area contributed by atoms with Crippen molar-refractivity contribution in [3.05, 3.63) is 29.3 Å². The van der Waals surface area contributed by atoms with Gasteiger partial charge in [0.05, 0.1) is 6.54 Å². The van der Waals surface area contributed by atoms with Gasteiger partial charge < -0.3 is 15.5 Å². The van der Waals surface area contributed by atoms with E-state index in [1.54, 1.807) is 0 Å². The van der Waals surface area contributed by atoms with E-state index in [4.69, 9.17) is 0 Å². The Bertz CT molecular complexity index is 716. The van der Waals surface area contributed by atoms with Crippen LogP contribution in [0.2, 0.25) is 0 Å². The monoisotopic (exact) mass is 385 g/mol. The largest absolute Gasteiger partial charge is 0.362 e. The van der Waals surface area contributed by atoms with Crippen molar-refractivity contribution >= 4 is 17.5 Å². The first-order chi connectivity index (χ1) is 13.4. The van der Waals surface area contributed by atoms with Gasteiger partial charge >= 0.3 is 0 Å². The van der Waals surface area contributed by atoms with E-state index < -0.39 is 0 Å². The molecule has 1 aromatic carbocycles. The molecule has 5 heteroatoms. The number of hydrogen-bond acceptors (Lipinski definition) is 3. The van der Waals surface area contributed by atoms with Gasteiger partial charge in [0.1, 0.15) is 0 Å². The van der Waals surface area contributed by atoms with Crippen LogP contribution in [0.15, 0.2) is 18.2 Å². The molecule has 2 N–H and O–H groups in total. The van der Waals surface area contributed by atoms with Crippen LogP contribution in [0.4, 0.5) is 5.69 Å². The number of amides is 2. The van der Waals surface area contributed by atoms with Crippen LogP contribution in [0, 0.1) is 11.8 Å². The summed E-state index contributed by atoms with van der Waals surface area (Å²) < 4.78 is 0. The summed E-state index contributed by atoms with van der Waals surface area (Å²) in [5.41, 5.74) is 2.84. The van der Waals surface area contributed by atoms with Gasteiger partial charge in [-0.15, -0.1) is 0 Å².